The topological polar surface area (TPSA) is 21.7 Å². The van der Waals surface area contributed by atoms with Crippen LogP contribution in [0, 0.1) is 12.8 Å². The third kappa shape index (κ3) is 3.21. The van der Waals surface area contributed by atoms with Gasteiger partial charge in [-0.05, 0) is 38.3 Å². The number of hydrogen-bond acceptors (Lipinski definition) is 3. The Morgan fingerprint density at radius 1 is 1.26 bits per heavy atom. The van der Waals surface area contributed by atoms with E-state index in [-0.39, 0.29) is 0 Å². The van der Waals surface area contributed by atoms with Gasteiger partial charge in [0.25, 0.3) is 0 Å². The highest BCUT2D eigenvalue weighted by Crippen LogP contribution is 2.32. The first-order chi connectivity index (χ1) is 9.15. The minimum Gasteiger partial charge on any atom is -0.496 e. The van der Waals surface area contributed by atoms with E-state index in [1.54, 1.807) is 14.2 Å². The van der Waals surface area contributed by atoms with Crippen LogP contribution in [0.5, 0.6) is 11.5 Å². The normalized spacial score (nSPS) is 20.3. The Morgan fingerprint density at radius 2 is 2.05 bits per heavy atom. The number of ether oxygens (including phenoxy) is 2. The second-order valence-corrected chi connectivity index (χ2v) is 5.57. The summed E-state index contributed by atoms with van der Waals surface area (Å²) in [4.78, 5) is 2.53. The predicted molar refractivity (Wildman–Crippen MR) is 78.0 cm³/mol. The summed E-state index contributed by atoms with van der Waals surface area (Å²) in [6.07, 6.45) is 2.66. The monoisotopic (exact) mass is 263 g/mol. The molecule has 0 radical (unpaired) electrons. The second-order valence-electron chi connectivity index (χ2n) is 5.57. The van der Waals surface area contributed by atoms with Gasteiger partial charge in [0, 0.05) is 24.2 Å². The Labute approximate surface area is 116 Å². The van der Waals surface area contributed by atoms with Crippen molar-refractivity contribution in [2.24, 2.45) is 5.92 Å². The smallest absolute Gasteiger partial charge is 0.129 e. The molecule has 0 unspecified atom stereocenters. The number of methoxy groups -OCH3 is 2. The third-order valence-electron chi connectivity index (χ3n) is 4.00. The van der Waals surface area contributed by atoms with Crippen molar-refractivity contribution in [3.8, 4) is 11.5 Å². The van der Waals surface area contributed by atoms with Crippen LogP contribution in [0.1, 0.15) is 30.9 Å². The lowest BCUT2D eigenvalue weighted by atomic mass is 9.99. The fourth-order valence-corrected chi connectivity index (χ4v) is 3.03. The lowest BCUT2D eigenvalue weighted by Crippen LogP contribution is -2.33. The first kappa shape index (κ1) is 14.2. The zero-order valence-corrected chi connectivity index (χ0v) is 12.5. The van der Waals surface area contributed by atoms with E-state index in [9.17, 15) is 0 Å². The average Bonchev–Trinajstić information content (AvgIpc) is 2.39. The molecule has 1 atom stereocenters. The van der Waals surface area contributed by atoms with Crippen LogP contribution < -0.4 is 9.47 Å². The van der Waals surface area contributed by atoms with E-state index in [0.29, 0.717) is 0 Å². The van der Waals surface area contributed by atoms with Crippen molar-refractivity contribution in [1.82, 2.24) is 4.90 Å². The summed E-state index contributed by atoms with van der Waals surface area (Å²) in [5, 5.41) is 0. The van der Waals surface area contributed by atoms with Crippen molar-refractivity contribution in [1.29, 1.82) is 0 Å². The maximum atomic E-state index is 5.58. The molecule has 0 amide bonds. The molecule has 106 valence electrons. The number of hydrogen-bond donors (Lipinski definition) is 0. The predicted octanol–water partition coefficient (Wildman–Crippen LogP) is 3.24. The molecule has 1 aliphatic heterocycles. The maximum Gasteiger partial charge on any atom is 0.129 e. The van der Waals surface area contributed by atoms with Gasteiger partial charge in [-0.2, -0.15) is 0 Å². The molecule has 1 heterocycles. The standard InChI is InChI=1S/C16H25NO2/c1-12-6-5-9-17(10-12)11-14-7-8-15(18-3)13(2)16(14)19-4/h7-8,12H,5-6,9-11H2,1-4H3/t12-/m1/s1. The Kier molecular flexibility index (Phi) is 4.70. The van der Waals surface area contributed by atoms with Crippen molar-refractivity contribution >= 4 is 0 Å². The third-order valence-corrected chi connectivity index (χ3v) is 4.00. The average molecular weight is 263 g/mol. The van der Waals surface area contributed by atoms with Crippen LogP contribution in [0.25, 0.3) is 0 Å². The summed E-state index contributed by atoms with van der Waals surface area (Å²) in [5.41, 5.74) is 2.35. The van der Waals surface area contributed by atoms with Gasteiger partial charge in [-0.3, -0.25) is 4.90 Å². The zero-order chi connectivity index (χ0) is 13.8. The maximum absolute atomic E-state index is 5.58. The quantitative estimate of drug-likeness (QED) is 0.832. The van der Waals surface area contributed by atoms with Crippen molar-refractivity contribution in [3.63, 3.8) is 0 Å². The van der Waals surface area contributed by atoms with E-state index in [2.05, 4.69) is 24.8 Å². The molecule has 2 rings (SSSR count). The molecular weight excluding hydrogens is 238 g/mol. The summed E-state index contributed by atoms with van der Waals surface area (Å²) in [6.45, 7) is 7.74. The van der Waals surface area contributed by atoms with Crippen molar-refractivity contribution < 1.29 is 9.47 Å². The SMILES string of the molecule is COc1ccc(CN2CCC[C@@H](C)C2)c(OC)c1C. The van der Waals surface area contributed by atoms with Crippen LogP contribution in [-0.4, -0.2) is 32.2 Å². The Morgan fingerprint density at radius 3 is 2.68 bits per heavy atom. The minimum atomic E-state index is 0.805. The fraction of sp³-hybridized carbons (Fsp3) is 0.625. The number of likely N-dealkylation sites (tertiary alicyclic amines) is 1. The van der Waals surface area contributed by atoms with E-state index in [0.717, 1.165) is 29.5 Å². The highest BCUT2D eigenvalue weighted by atomic mass is 16.5. The van der Waals surface area contributed by atoms with Crippen LogP contribution in [0.3, 0.4) is 0 Å². The van der Waals surface area contributed by atoms with Gasteiger partial charge in [-0.25, -0.2) is 0 Å². The molecule has 1 saturated heterocycles. The number of nitrogens with zero attached hydrogens (tertiary/aromatic N) is 1. The largest absolute Gasteiger partial charge is 0.496 e. The first-order valence-corrected chi connectivity index (χ1v) is 7.08. The van der Waals surface area contributed by atoms with Gasteiger partial charge in [0.15, 0.2) is 0 Å². The molecule has 1 aliphatic rings. The molecule has 3 heteroatoms. The molecule has 0 spiro atoms. The van der Waals surface area contributed by atoms with Crippen LogP contribution in [0.2, 0.25) is 0 Å². The Hall–Kier alpha value is -1.22. The van der Waals surface area contributed by atoms with E-state index in [1.807, 2.05) is 6.07 Å². The van der Waals surface area contributed by atoms with Crippen molar-refractivity contribution in [2.75, 3.05) is 27.3 Å². The van der Waals surface area contributed by atoms with E-state index < -0.39 is 0 Å². The van der Waals surface area contributed by atoms with Gasteiger partial charge in [0.1, 0.15) is 11.5 Å². The molecular formula is C16H25NO2. The lowest BCUT2D eigenvalue weighted by molar-refractivity contribution is 0.175. The fourth-order valence-electron chi connectivity index (χ4n) is 3.03. The molecule has 3 nitrogen and oxygen atoms in total. The van der Waals surface area contributed by atoms with Gasteiger partial charge in [0.2, 0.25) is 0 Å². The molecule has 19 heavy (non-hydrogen) atoms. The second kappa shape index (κ2) is 6.29. The molecule has 0 aromatic heterocycles. The number of piperidine rings is 1. The summed E-state index contributed by atoms with van der Waals surface area (Å²) in [7, 11) is 3.44. The highest BCUT2D eigenvalue weighted by molar-refractivity contribution is 5.49. The van der Waals surface area contributed by atoms with Crippen molar-refractivity contribution in [2.45, 2.75) is 33.2 Å². The summed E-state index contributed by atoms with van der Waals surface area (Å²) < 4.78 is 10.9. The highest BCUT2D eigenvalue weighted by Gasteiger charge is 2.19. The molecule has 1 aromatic rings. The van der Waals surface area contributed by atoms with Crippen LogP contribution in [-0.2, 0) is 6.54 Å². The van der Waals surface area contributed by atoms with Crippen molar-refractivity contribution in [3.05, 3.63) is 23.3 Å². The molecule has 1 fully saturated rings. The summed E-state index contributed by atoms with van der Waals surface area (Å²) in [5.74, 6) is 2.67. The molecule has 1 aromatic carbocycles. The van der Waals surface area contributed by atoms with Gasteiger partial charge in [-0.1, -0.05) is 13.0 Å². The van der Waals surface area contributed by atoms with Crippen LogP contribution in [0.15, 0.2) is 12.1 Å². The molecule has 0 N–H and O–H groups in total. The number of benzene rings is 1. The van der Waals surface area contributed by atoms with Gasteiger partial charge < -0.3 is 9.47 Å². The van der Waals surface area contributed by atoms with E-state index in [4.69, 9.17) is 9.47 Å². The first-order valence-electron chi connectivity index (χ1n) is 7.08. The van der Waals surface area contributed by atoms with Gasteiger partial charge in [-0.15, -0.1) is 0 Å². The van der Waals surface area contributed by atoms with Gasteiger partial charge >= 0.3 is 0 Å². The molecule has 0 bridgehead atoms. The van der Waals surface area contributed by atoms with E-state index in [1.165, 1.54) is 31.5 Å². The molecule has 0 saturated carbocycles. The zero-order valence-electron chi connectivity index (χ0n) is 12.5. The van der Waals surface area contributed by atoms with Crippen LogP contribution >= 0.6 is 0 Å². The summed E-state index contributed by atoms with van der Waals surface area (Å²) >= 11 is 0. The Bertz CT molecular complexity index is 431. The molecule has 0 aliphatic carbocycles. The number of rotatable bonds is 4. The summed E-state index contributed by atoms with van der Waals surface area (Å²) in [6, 6.07) is 4.17. The van der Waals surface area contributed by atoms with Crippen LogP contribution in [0.4, 0.5) is 0 Å². The Balaban J connectivity index is 2.17. The van der Waals surface area contributed by atoms with Gasteiger partial charge in [0.05, 0.1) is 14.2 Å². The van der Waals surface area contributed by atoms with E-state index >= 15 is 0 Å². The lowest BCUT2D eigenvalue weighted by Gasteiger charge is -2.31. The minimum absolute atomic E-state index is 0.805.